The number of hydrazone groups is 1. The maximum Gasteiger partial charge on any atom is 0.266 e. The van der Waals surface area contributed by atoms with Gasteiger partial charge in [0.05, 0.1) is 28.1 Å². The molecule has 1 N–H and O–H groups in total. The lowest BCUT2D eigenvalue weighted by Gasteiger charge is -2.13. The number of benzene rings is 4. The Morgan fingerprint density at radius 2 is 1.61 bits per heavy atom. The molecule has 178 valence electrons. The van der Waals surface area contributed by atoms with E-state index in [4.69, 9.17) is 4.98 Å². The second-order valence-corrected chi connectivity index (χ2v) is 9.38. The van der Waals surface area contributed by atoms with Gasteiger partial charge in [0.2, 0.25) is 0 Å². The lowest BCUT2D eigenvalue weighted by Crippen LogP contribution is -2.24. The highest BCUT2D eigenvalue weighted by Crippen LogP contribution is 2.22. The fourth-order valence-corrected chi connectivity index (χ4v) is 4.85. The van der Waals surface area contributed by atoms with E-state index in [1.165, 1.54) is 11.8 Å². The van der Waals surface area contributed by atoms with Gasteiger partial charge in [-0.15, -0.1) is 0 Å². The highest BCUT2D eigenvalue weighted by Gasteiger charge is 2.15. The van der Waals surface area contributed by atoms with Crippen LogP contribution in [0.4, 0.5) is 0 Å². The molecule has 7 heteroatoms. The summed E-state index contributed by atoms with van der Waals surface area (Å²) < 4.78 is 1.56. The largest absolute Gasteiger partial charge is 0.272 e. The van der Waals surface area contributed by atoms with Crippen LogP contribution in [0, 0.1) is 6.92 Å². The molecule has 0 aliphatic carbocycles. The van der Waals surface area contributed by atoms with Crippen molar-refractivity contribution in [3.8, 4) is 5.69 Å². The number of para-hydroxylation sites is 1. The van der Waals surface area contributed by atoms with Crippen LogP contribution in [0.5, 0.6) is 0 Å². The van der Waals surface area contributed by atoms with Crippen LogP contribution in [0.25, 0.3) is 27.4 Å². The third kappa shape index (κ3) is 4.78. The number of hydrogen-bond acceptors (Lipinski definition) is 5. The first-order valence-corrected chi connectivity index (χ1v) is 12.5. The van der Waals surface area contributed by atoms with Crippen LogP contribution < -0.4 is 11.0 Å². The Balaban J connectivity index is 1.39. The summed E-state index contributed by atoms with van der Waals surface area (Å²) in [5.41, 5.74) is 6.55. The van der Waals surface area contributed by atoms with E-state index in [0.29, 0.717) is 27.5 Å². The van der Waals surface area contributed by atoms with Crippen LogP contribution in [-0.2, 0) is 4.79 Å². The molecule has 0 aliphatic rings. The molecule has 36 heavy (non-hydrogen) atoms. The van der Waals surface area contributed by atoms with Gasteiger partial charge in [0.15, 0.2) is 5.16 Å². The molecule has 0 radical (unpaired) electrons. The summed E-state index contributed by atoms with van der Waals surface area (Å²) in [6.45, 7) is 3.86. The predicted molar refractivity (Wildman–Crippen MR) is 147 cm³/mol. The van der Waals surface area contributed by atoms with Gasteiger partial charge in [-0.3, -0.25) is 14.2 Å². The predicted octanol–water partition coefficient (Wildman–Crippen LogP) is 5.48. The topological polar surface area (TPSA) is 76.3 Å². The quantitative estimate of drug-likeness (QED) is 0.147. The summed E-state index contributed by atoms with van der Waals surface area (Å²) in [5, 5.41) is 7.50. The second kappa shape index (κ2) is 10.2. The number of carbonyl (C=O) groups is 1. The summed E-state index contributed by atoms with van der Waals surface area (Å²) in [5.74, 6) is -0.222. The second-order valence-electron chi connectivity index (χ2n) is 8.44. The minimum Gasteiger partial charge on any atom is -0.272 e. The van der Waals surface area contributed by atoms with Crippen molar-refractivity contribution in [2.75, 3.05) is 5.75 Å². The molecule has 4 aromatic carbocycles. The van der Waals surface area contributed by atoms with E-state index in [-0.39, 0.29) is 17.2 Å². The Bertz CT molecular complexity index is 1670. The van der Waals surface area contributed by atoms with Gasteiger partial charge >= 0.3 is 0 Å². The van der Waals surface area contributed by atoms with Gasteiger partial charge in [-0.1, -0.05) is 84.1 Å². The number of nitrogens with one attached hydrogen (secondary N) is 1. The van der Waals surface area contributed by atoms with Gasteiger partial charge < -0.3 is 0 Å². The number of amides is 1. The van der Waals surface area contributed by atoms with Gasteiger partial charge in [-0.25, -0.2) is 10.4 Å². The number of carbonyl (C=O) groups excluding carboxylic acids is 1. The number of rotatable bonds is 6. The van der Waals surface area contributed by atoms with Crippen molar-refractivity contribution in [2.45, 2.75) is 19.0 Å². The van der Waals surface area contributed by atoms with Crippen molar-refractivity contribution >= 4 is 45.1 Å². The van der Waals surface area contributed by atoms with E-state index >= 15 is 0 Å². The molecule has 0 bridgehead atoms. The molecule has 5 aromatic rings. The van der Waals surface area contributed by atoms with Crippen molar-refractivity contribution in [3.63, 3.8) is 0 Å². The minimum atomic E-state index is -0.280. The van der Waals surface area contributed by atoms with Crippen LogP contribution in [0.2, 0.25) is 0 Å². The standard InChI is InChI=1S/C29H24N4O2S/c1-19-14-16-22(17-15-19)33-28(35)25-11-5-6-13-26(25)30-29(33)36-18-27(34)32-31-20(2)23-12-7-9-21-8-3-4-10-24(21)23/h3-17H,18H2,1-2H3,(H,32,34). The first-order valence-electron chi connectivity index (χ1n) is 11.5. The van der Waals surface area contributed by atoms with Crippen LogP contribution in [0.1, 0.15) is 18.1 Å². The van der Waals surface area contributed by atoms with Crippen molar-refractivity contribution in [1.82, 2.24) is 15.0 Å². The van der Waals surface area contributed by atoms with E-state index in [1.54, 1.807) is 16.7 Å². The van der Waals surface area contributed by atoms with Crippen LogP contribution in [0.15, 0.2) is 106 Å². The minimum absolute atomic E-state index is 0.0585. The third-order valence-corrected chi connectivity index (χ3v) is 6.84. The van der Waals surface area contributed by atoms with Crippen LogP contribution >= 0.6 is 11.8 Å². The van der Waals surface area contributed by atoms with Gasteiger partial charge in [0.1, 0.15) is 0 Å². The third-order valence-electron chi connectivity index (χ3n) is 5.90. The maximum absolute atomic E-state index is 13.3. The van der Waals surface area contributed by atoms with Gasteiger partial charge in [0, 0.05) is 5.56 Å². The molecule has 0 fully saturated rings. The molecule has 0 unspecified atom stereocenters. The first-order chi connectivity index (χ1) is 17.5. The van der Waals surface area contributed by atoms with Crippen molar-refractivity contribution < 1.29 is 4.79 Å². The fraction of sp³-hybridized carbons (Fsp3) is 0.103. The van der Waals surface area contributed by atoms with E-state index in [0.717, 1.165) is 21.9 Å². The zero-order valence-electron chi connectivity index (χ0n) is 19.9. The molecule has 0 saturated carbocycles. The van der Waals surface area contributed by atoms with Crippen molar-refractivity contribution in [2.24, 2.45) is 5.10 Å². The summed E-state index contributed by atoms with van der Waals surface area (Å²) in [6, 6.07) is 29.0. The van der Waals surface area contributed by atoms with Gasteiger partial charge in [0.25, 0.3) is 11.5 Å². The molecule has 0 spiro atoms. The molecule has 0 saturated heterocycles. The average molecular weight is 493 g/mol. The highest BCUT2D eigenvalue weighted by atomic mass is 32.2. The molecule has 1 amide bonds. The number of hydrogen-bond donors (Lipinski definition) is 1. The number of fused-ring (bicyclic) bond motifs is 2. The molecule has 1 aromatic heterocycles. The van der Waals surface area contributed by atoms with Gasteiger partial charge in [-0.2, -0.15) is 5.10 Å². The van der Waals surface area contributed by atoms with E-state index < -0.39 is 0 Å². The number of thioether (sulfide) groups is 1. The van der Waals surface area contributed by atoms with Crippen molar-refractivity contribution in [1.29, 1.82) is 0 Å². The molecular formula is C29H24N4O2S. The van der Waals surface area contributed by atoms with Gasteiger partial charge in [-0.05, 0) is 48.9 Å². The first kappa shape index (κ1) is 23.5. The molecule has 6 nitrogen and oxygen atoms in total. The molecular weight excluding hydrogens is 468 g/mol. The molecule has 0 atom stereocenters. The Labute approximate surface area is 212 Å². The van der Waals surface area contributed by atoms with E-state index in [2.05, 4.69) is 10.5 Å². The van der Waals surface area contributed by atoms with E-state index in [1.807, 2.05) is 92.7 Å². The zero-order valence-corrected chi connectivity index (χ0v) is 20.8. The summed E-state index contributed by atoms with van der Waals surface area (Å²) >= 11 is 1.20. The lowest BCUT2D eigenvalue weighted by atomic mass is 10.0. The zero-order chi connectivity index (χ0) is 25.1. The molecule has 5 rings (SSSR count). The smallest absolute Gasteiger partial charge is 0.266 e. The highest BCUT2D eigenvalue weighted by molar-refractivity contribution is 7.99. The average Bonchev–Trinajstić information content (AvgIpc) is 2.91. The molecule has 0 aliphatic heterocycles. The van der Waals surface area contributed by atoms with Crippen LogP contribution in [0.3, 0.4) is 0 Å². The number of aryl methyl sites for hydroxylation is 1. The fourth-order valence-electron chi connectivity index (χ4n) is 4.04. The summed E-state index contributed by atoms with van der Waals surface area (Å²) in [6.07, 6.45) is 0. The Hall–Kier alpha value is -4.23. The molecule has 1 heterocycles. The number of nitrogens with zero attached hydrogens (tertiary/aromatic N) is 3. The van der Waals surface area contributed by atoms with Crippen LogP contribution in [-0.4, -0.2) is 26.9 Å². The van der Waals surface area contributed by atoms with E-state index in [9.17, 15) is 9.59 Å². The Morgan fingerprint density at radius 3 is 2.42 bits per heavy atom. The Morgan fingerprint density at radius 1 is 0.917 bits per heavy atom. The summed E-state index contributed by atoms with van der Waals surface area (Å²) in [7, 11) is 0. The Kier molecular flexibility index (Phi) is 6.64. The number of aromatic nitrogens is 2. The van der Waals surface area contributed by atoms with Crippen molar-refractivity contribution in [3.05, 3.63) is 112 Å². The normalized spacial score (nSPS) is 11.7. The summed E-state index contributed by atoms with van der Waals surface area (Å²) in [4.78, 5) is 30.7. The monoisotopic (exact) mass is 492 g/mol. The maximum atomic E-state index is 13.3. The SMILES string of the molecule is CC(=NNC(=O)CSc1nc2ccccc2c(=O)n1-c1ccc(C)cc1)c1cccc2ccccc12. The lowest BCUT2D eigenvalue weighted by molar-refractivity contribution is -0.118.